The SMILES string of the molecule is CCCCCCCCCCCCCCC/C=C/CC/C=C/C(O)C(COP(=O)([O-])OCC[N+](C)(C)C)NC(=O)CCCCCCCCCCCCCCCCCCCC. The Morgan fingerprint density at radius 3 is 1.37 bits per heavy atom. The lowest BCUT2D eigenvalue weighted by molar-refractivity contribution is -0.870. The molecule has 3 unspecified atom stereocenters. The van der Waals surface area contributed by atoms with Crippen LogP contribution >= 0.6 is 7.82 Å². The van der Waals surface area contributed by atoms with Gasteiger partial charge in [0.05, 0.1) is 39.9 Å². The normalized spacial score (nSPS) is 14.4. The predicted octanol–water partition coefficient (Wildman–Crippen LogP) is 13.8. The second-order valence-electron chi connectivity index (χ2n) is 18.5. The van der Waals surface area contributed by atoms with Gasteiger partial charge in [0.1, 0.15) is 13.2 Å². The number of nitrogens with zero attached hydrogens (tertiary/aromatic N) is 1. The molecule has 0 spiro atoms. The van der Waals surface area contributed by atoms with Gasteiger partial charge in [-0.25, -0.2) is 0 Å². The number of aliphatic hydroxyl groups excluding tert-OH is 1. The van der Waals surface area contributed by atoms with Crippen molar-refractivity contribution in [2.45, 2.75) is 251 Å². The fourth-order valence-electron chi connectivity index (χ4n) is 7.41. The number of likely N-dealkylation sites (N-methyl/N-ethyl adjacent to an activating group) is 1. The number of phosphoric ester groups is 1. The zero-order chi connectivity index (χ0) is 43.6. The van der Waals surface area contributed by atoms with Crippen molar-refractivity contribution in [1.82, 2.24) is 5.32 Å². The number of carbonyl (C=O) groups excluding carboxylic acids is 1. The fourth-order valence-corrected chi connectivity index (χ4v) is 8.13. The molecule has 1 amide bonds. The third-order valence-electron chi connectivity index (χ3n) is 11.4. The second-order valence-corrected chi connectivity index (χ2v) is 19.9. The number of phosphoric acid groups is 1. The minimum Gasteiger partial charge on any atom is -0.756 e. The van der Waals surface area contributed by atoms with Crippen LogP contribution in [0.25, 0.3) is 0 Å². The van der Waals surface area contributed by atoms with Crippen LogP contribution in [0.4, 0.5) is 0 Å². The highest BCUT2D eigenvalue weighted by Crippen LogP contribution is 2.38. The van der Waals surface area contributed by atoms with Gasteiger partial charge in [0.15, 0.2) is 0 Å². The molecule has 9 heteroatoms. The number of quaternary nitrogens is 1. The molecule has 0 aliphatic carbocycles. The van der Waals surface area contributed by atoms with Crippen LogP contribution in [0.15, 0.2) is 24.3 Å². The molecule has 0 aromatic rings. The van der Waals surface area contributed by atoms with E-state index in [-0.39, 0.29) is 19.1 Å². The van der Waals surface area contributed by atoms with E-state index < -0.39 is 20.0 Å². The van der Waals surface area contributed by atoms with Crippen LogP contribution in [0.1, 0.15) is 239 Å². The average Bonchev–Trinajstić information content (AvgIpc) is 3.19. The first kappa shape index (κ1) is 58.0. The van der Waals surface area contributed by atoms with Crippen LogP contribution in [-0.2, 0) is 18.4 Å². The molecule has 350 valence electrons. The molecule has 8 nitrogen and oxygen atoms in total. The zero-order valence-electron chi connectivity index (χ0n) is 39.7. The fraction of sp³-hybridized carbons (Fsp3) is 0.900. The first-order valence-electron chi connectivity index (χ1n) is 25.2. The van der Waals surface area contributed by atoms with Crippen LogP contribution in [0, 0.1) is 0 Å². The maximum absolute atomic E-state index is 12.9. The highest BCUT2D eigenvalue weighted by molar-refractivity contribution is 7.45. The van der Waals surface area contributed by atoms with Crippen molar-refractivity contribution in [2.24, 2.45) is 0 Å². The largest absolute Gasteiger partial charge is 0.756 e. The number of rotatable bonds is 46. The summed E-state index contributed by atoms with van der Waals surface area (Å²) < 4.78 is 23.3. The van der Waals surface area contributed by atoms with E-state index in [1.807, 2.05) is 27.2 Å². The number of hydrogen-bond donors (Lipinski definition) is 2. The predicted molar refractivity (Wildman–Crippen MR) is 252 cm³/mol. The quantitative estimate of drug-likeness (QED) is 0.0273. The van der Waals surface area contributed by atoms with E-state index in [0.29, 0.717) is 17.4 Å². The Labute approximate surface area is 366 Å². The standard InChI is InChI=1S/C50H99N2O6P/c1-6-8-10-12-14-16-18-20-22-24-26-27-29-31-33-35-37-39-41-43-49(53)48(47-58-59(55,56)57-46-45-52(3,4)5)51-50(54)44-42-40-38-36-34-32-30-28-25-23-21-19-17-15-13-11-9-7-2/h33,35,41,43,48-49,53H,6-32,34,36-40,42,44-47H2,1-5H3,(H-,51,54,55,56)/b35-33+,43-41+. The summed E-state index contributed by atoms with van der Waals surface area (Å²) in [4.78, 5) is 25.4. The number of carbonyl (C=O) groups is 1. The molecular weight excluding hydrogens is 756 g/mol. The average molecular weight is 855 g/mol. The molecule has 0 fully saturated rings. The van der Waals surface area contributed by atoms with Crippen molar-refractivity contribution in [3.8, 4) is 0 Å². The maximum atomic E-state index is 12.9. The lowest BCUT2D eigenvalue weighted by Gasteiger charge is -2.29. The molecular formula is C50H99N2O6P. The van der Waals surface area contributed by atoms with Gasteiger partial charge in [-0.15, -0.1) is 0 Å². The summed E-state index contributed by atoms with van der Waals surface area (Å²) in [6, 6.07) is -0.898. The summed E-state index contributed by atoms with van der Waals surface area (Å²) >= 11 is 0. The molecule has 0 aromatic heterocycles. The molecule has 3 atom stereocenters. The lowest BCUT2D eigenvalue weighted by Crippen LogP contribution is -2.45. The smallest absolute Gasteiger partial charge is 0.268 e. The molecule has 0 bridgehead atoms. The second kappa shape index (κ2) is 42.3. The van der Waals surface area contributed by atoms with Crippen molar-refractivity contribution >= 4 is 13.7 Å². The molecule has 0 heterocycles. The van der Waals surface area contributed by atoms with E-state index in [0.717, 1.165) is 38.5 Å². The minimum absolute atomic E-state index is 0.00398. The maximum Gasteiger partial charge on any atom is 0.268 e. The molecule has 0 saturated carbocycles. The number of unbranched alkanes of at least 4 members (excludes halogenated alkanes) is 31. The molecule has 0 rings (SSSR count). The van der Waals surface area contributed by atoms with Gasteiger partial charge in [0, 0.05) is 6.42 Å². The Morgan fingerprint density at radius 2 is 0.949 bits per heavy atom. The van der Waals surface area contributed by atoms with Crippen molar-refractivity contribution in [2.75, 3.05) is 40.9 Å². The van der Waals surface area contributed by atoms with E-state index in [2.05, 4.69) is 31.3 Å². The first-order valence-corrected chi connectivity index (χ1v) is 26.7. The van der Waals surface area contributed by atoms with Gasteiger partial charge in [-0.2, -0.15) is 0 Å². The van der Waals surface area contributed by atoms with E-state index in [1.165, 1.54) is 180 Å². The summed E-state index contributed by atoms with van der Waals surface area (Å²) in [5, 5.41) is 13.8. The summed E-state index contributed by atoms with van der Waals surface area (Å²) in [5.41, 5.74) is 0. The van der Waals surface area contributed by atoms with Crippen molar-refractivity contribution in [1.29, 1.82) is 0 Å². The molecule has 0 aliphatic rings. The van der Waals surface area contributed by atoms with Gasteiger partial charge >= 0.3 is 0 Å². The van der Waals surface area contributed by atoms with E-state index in [9.17, 15) is 19.4 Å². The lowest BCUT2D eigenvalue weighted by atomic mass is 10.0. The molecule has 0 radical (unpaired) electrons. The Bertz CT molecular complexity index is 1020. The Hall–Kier alpha value is -1.02. The van der Waals surface area contributed by atoms with Crippen LogP contribution in [-0.4, -0.2) is 68.5 Å². The van der Waals surface area contributed by atoms with E-state index in [4.69, 9.17) is 9.05 Å². The van der Waals surface area contributed by atoms with E-state index >= 15 is 0 Å². The molecule has 0 saturated heterocycles. The van der Waals surface area contributed by atoms with Gasteiger partial charge in [0.25, 0.3) is 7.82 Å². The van der Waals surface area contributed by atoms with Gasteiger partial charge in [-0.05, 0) is 32.1 Å². The number of allylic oxidation sites excluding steroid dienone is 3. The van der Waals surface area contributed by atoms with Crippen molar-refractivity contribution in [3.63, 3.8) is 0 Å². The number of nitrogens with one attached hydrogen (secondary N) is 1. The molecule has 0 aliphatic heterocycles. The van der Waals surface area contributed by atoms with Crippen LogP contribution < -0.4 is 10.2 Å². The summed E-state index contributed by atoms with van der Waals surface area (Å²) in [6.45, 7) is 4.65. The third-order valence-corrected chi connectivity index (χ3v) is 12.4. The van der Waals surface area contributed by atoms with Gasteiger partial charge in [0.2, 0.25) is 5.91 Å². The Morgan fingerprint density at radius 1 is 0.576 bits per heavy atom. The topological polar surface area (TPSA) is 108 Å². The first-order chi connectivity index (χ1) is 28.5. The molecule has 59 heavy (non-hydrogen) atoms. The van der Waals surface area contributed by atoms with Crippen LogP contribution in [0.2, 0.25) is 0 Å². The highest BCUT2D eigenvalue weighted by Gasteiger charge is 2.23. The number of hydrogen-bond acceptors (Lipinski definition) is 6. The highest BCUT2D eigenvalue weighted by atomic mass is 31.2. The van der Waals surface area contributed by atoms with Crippen LogP contribution in [0.5, 0.6) is 0 Å². The van der Waals surface area contributed by atoms with Crippen LogP contribution in [0.3, 0.4) is 0 Å². The van der Waals surface area contributed by atoms with Gasteiger partial charge in [-0.3, -0.25) is 9.36 Å². The van der Waals surface area contributed by atoms with Crippen molar-refractivity contribution in [3.05, 3.63) is 24.3 Å². The number of amides is 1. The summed E-state index contributed by atoms with van der Waals surface area (Å²) in [7, 11) is 1.25. The summed E-state index contributed by atoms with van der Waals surface area (Å²) in [6.07, 6.45) is 50.9. The Kier molecular flexibility index (Phi) is 41.6. The minimum atomic E-state index is -4.60. The monoisotopic (exact) mass is 855 g/mol. The zero-order valence-corrected chi connectivity index (χ0v) is 40.6. The molecule has 0 aromatic carbocycles. The summed E-state index contributed by atoms with van der Waals surface area (Å²) in [5.74, 6) is -0.203. The third kappa shape index (κ3) is 44.8. The van der Waals surface area contributed by atoms with Crippen molar-refractivity contribution < 1.29 is 32.9 Å². The van der Waals surface area contributed by atoms with Gasteiger partial charge < -0.3 is 28.8 Å². The van der Waals surface area contributed by atoms with E-state index in [1.54, 1.807) is 6.08 Å². The molecule has 2 N–H and O–H groups in total. The number of aliphatic hydroxyl groups is 1. The van der Waals surface area contributed by atoms with Gasteiger partial charge in [-0.1, -0.05) is 224 Å². The Balaban J connectivity index is 4.36.